The van der Waals surface area contributed by atoms with Crippen LogP contribution in [0.1, 0.15) is 33.9 Å². The van der Waals surface area contributed by atoms with Gasteiger partial charge in [0.15, 0.2) is 5.78 Å². The Morgan fingerprint density at radius 3 is 2.40 bits per heavy atom. The Kier molecular flexibility index (Phi) is 6.67. The average molecular weight is 410 g/mol. The van der Waals surface area contributed by atoms with Crippen LogP contribution in [0.3, 0.4) is 0 Å². The van der Waals surface area contributed by atoms with Crippen LogP contribution >= 0.6 is 0 Å². The third-order valence-electron chi connectivity index (χ3n) is 5.60. The number of nitrogens with zero attached hydrogens (tertiary/aromatic N) is 1. The molecule has 2 aromatic rings. The minimum absolute atomic E-state index is 0.317. The molecule has 158 valence electrons. The number of amides is 1. The second kappa shape index (κ2) is 9.22. The Morgan fingerprint density at radius 2 is 1.80 bits per heavy atom. The zero-order chi connectivity index (χ0) is 21.8. The number of Topliss-reactive ketones (excluding diaryl/α,β-unsaturated/α-hetero) is 2. The van der Waals surface area contributed by atoms with Crippen LogP contribution in [0.25, 0.3) is 0 Å². The monoisotopic (exact) mass is 409 g/mol. The quantitative estimate of drug-likeness (QED) is 0.408. The van der Waals surface area contributed by atoms with E-state index >= 15 is 0 Å². The van der Waals surface area contributed by atoms with Crippen molar-refractivity contribution in [2.45, 2.75) is 19.4 Å². The highest BCUT2D eigenvalue weighted by atomic mass is 16.5. The van der Waals surface area contributed by atoms with Crippen LogP contribution in [-0.2, 0) is 9.59 Å². The van der Waals surface area contributed by atoms with Gasteiger partial charge < -0.3 is 14.5 Å². The molecule has 1 aliphatic heterocycles. The highest BCUT2D eigenvalue weighted by Gasteiger charge is 2.51. The van der Waals surface area contributed by atoms with E-state index in [1.54, 1.807) is 30.2 Å². The molecular weight excluding hydrogens is 380 g/mol. The van der Waals surface area contributed by atoms with Crippen molar-refractivity contribution in [3.63, 3.8) is 0 Å². The Bertz CT molecular complexity index is 939. The van der Waals surface area contributed by atoms with Crippen molar-refractivity contribution in [3.05, 3.63) is 65.2 Å². The molecule has 2 aromatic carbocycles. The lowest BCUT2D eigenvalue weighted by atomic mass is 9.85. The summed E-state index contributed by atoms with van der Waals surface area (Å²) in [6.07, 6.45) is 0.757. The maximum Gasteiger partial charge on any atom is 0.291 e. The van der Waals surface area contributed by atoms with Crippen molar-refractivity contribution < 1.29 is 24.0 Å². The highest BCUT2D eigenvalue weighted by molar-refractivity contribution is 6.44. The number of methoxy groups -OCH3 is 1. The molecule has 0 aromatic heterocycles. The molecule has 2 unspecified atom stereocenters. The van der Waals surface area contributed by atoms with Crippen molar-refractivity contribution in [1.82, 2.24) is 4.90 Å². The smallest absolute Gasteiger partial charge is 0.291 e. The van der Waals surface area contributed by atoms with Gasteiger partial charge in [-0.05, 0) is 36.2 Å². The summed E-state index contributed by atoms with van der Waals surface area (Å²) < 4.78 is 5.22. The largest absolute Gasteiger partial charge is 0.497 e. The number of carbonyl (C=O) groups excluding carboxylic acids is 3. The fourth-order valence-corrected chi connectivity index (χ4v) is 4.06. The highest BCUT2D eigenvalue weighted by Crippen LogP contribution is 2.38. The number of nitrogens with one attached hydrogen (secondary N) is 1. The van der Waals surface area contributed by atoms with E-state index in [1.807, 2.05) is 51.4 Å². The summed E-state index contributed by atoms with van der Waals surface area (Å²) in [5.41, 5.74) is 1.97. The van der Waals surface area contributed by atoms with Gasteiger partial charge in [-0.15, -0.1) is 0 Å². The van der Waals surface area contributed by atoms with Crippen molar-refractivity contribution in [2.75, 3.05) is 34.3 Å². The normalized spacial score (nSPS) is 18.9. The first kappa shape index (κ1) is 21.7. The van der Waals surface area contributed by atoms with Gasteiger partial charge in [0.2, 0.25) is 5.78 Å². The minimum atomic E-state index is -1.04. The van der Waals surface area contributed by atoms with Gasteiger partial charge in [0.25, 0.3) is 5.91 Å². The van der Waals surface area contributed by atoms with Crippen molar-refractivity contribution >= 4 is 17.5 Å². The second-order valence-electron chi connectivity index (χ2n) is 8.05. The van der Waals surface area contributed by atoms with E-state index in [1.165, 1.54) is 4.90 Å². The molecular formula is C24H29N2O4+. The molecule has 6 heteroatoms. The summed E-state index contributed by atoms with van der Waals surface area (Å²) in [6.45, 7) is 3.13. The lowest BCUT2D eigenvalue weighted by molar-refractivity contribution is -0.858. The van der Waals surface area contributed by atoms with Crippen LogP contribution in [-0.4, -0.2) is 56.7 Å². The van der Waals surface area contributed by atoms with E-state index in [9.17, 15) is 14.4 Å². The van der Waals surface area contributed by atoms with Crippen LogP contribution in [0, 0.1) is 12.8 Å². The van der Waals surface area contributed by atoms with Crippen molar-refractivity contribution in [2.24, 2.45) is 5.92 Å². The van der Waals surface area contributed by atoms with Crippen LogP contribution in [0.2, 0.25) is 0 Å². The third-order valence-corrected chi connectivity index (χ3v) is 5.60. The first-order valence-corrected chi connectivity index (χ1v) is 10.2. The van der Waals surface area contributed by atoms with Crippen molar-refractivity contribution in [1.29, 1.82) is 0 Å². The Hall–Kier alpha value is -2.99. The molecule has 2 atom stereocenters. The number of rotatable bonds is 8. The Labute approximate surface area is 177 Å². The molecule has 1 fully saturated rings. The predicted octanol–water partition coefficient (Wildman–Crippen LogP) is 1.49. The Morgan fingerprint density at radius 1 is 1.10 bits per heavy atom. The molecule has 0 saturated carbocycles. The molecule has 3 rings (SSSR count). The van der Waals surface area contributed by atoms with E-state index in [4.69, 9.17) is 4.74 Å². The fourth-order valence-electron chi connectivity index (χ4n) is 4.06. The molecule has 0 spiro atoms. The third kappa shape index (κ3) is 4.28. The number of benzene rings is 2. The van der Waals surface area contributed by atoms with Crippen LogP contribution in [0.15, 0.2) is 48.5 Å². The number of aryl methyl sites for hydroxylation is 1. The van der Waals surface area contributed by atoms with Gasteiger partial charge in [0.1, 0.15) is 11.7 Å². The number of hydrogen-bond donors (Lipinski definition) is 1. The number of ketones is 2. The average Bonchev–Trinajstić information content (AvgIpc) is 2.98. The summed E-state index contributed by atoms with van der Waals surface area (Å²) in [5, 5.41) is 0. The van der Waals surface area contributed by atoms with Crippen molar-refractivity contribution in [3.8, 4) is 5.75 Å². The number of ether oxygens (including phenoxy) is 1. The number of quaternary nitrogens is 1. The van der Waals surface area contributed by atoms with E-state index < -0.39 is 23.7 Å². The maximum absolute atomic E-state index is 13.5. The molecule has 6 nitrogen and oxygen atoms in total. The molecule has 1 N–H and O–H groups in total. The second-order valence-corrected chi connectivity index (χ2v) is 8.05. The van der Waals surface area contributed by atoms with E-state index in [0.717, 1.165) is 24.1 Å². The number of hydrogen-bond acceptors (Lipinski definition) is 4. The molecule has 1 heterocycles. The topological polar surface area (TPSA) is 68.1 Å². The van der Waals surface area contributed by atoms with Gasteiger partial charge in [-0.3, -0.25) is 14.4 Å². The van der Waals surface area contributed by atoms with Gasteiger partial charge in [-0.2, -0.15) is 0 Å². The van der Waals surface area contributed by atoms with Crippen LogP contribution < -0.4 is 9.64 Å². The molecule has 30 heavy (non-hydrogen) atoms. The lowest BCUT2D eigenvalue weighted by Gasteiger charge is -2.27. The summed E-state index contributed by atoms with van der Waals surface area (Å²) >= 11 is 0. The molecule has 1 amide bonds. The molecule has 0 bridgehead atoms. The first-order valence-electron chi connectivity index (χ1n) is 10.2. The molecule has 1 saturated heterocycles. The zero-order valence-electron chi connectivity index (χ0n) is 18.0. The SMILES string of the molecule is COc1ccc(C(=O)C2C(=O)C(=O)N(CCC[NH+](C)C)C2c2ccccc2)c(C)c1. The fraction of sp³-hybridized carbons (Fsp3) is 0.375. The summed E-state index contributed by atoms with van der Waals surface area (Å²) in [7, 11) is 5.66. The molecule has 0 aliphatic carbocycles. The molecule has 0 radical (unpaired) electrons. The van der Waals surface area contributed by atoms with Gasteiger partial charge in [-0.25, -0.2) is 0 Å². The lowest BCUT2D eigenvalue weighted by Crippen LogP contribution is -3.05. The number of carbonyl (C=O) groups is 3. The Balaban J connectivity index is 1.99. The summed E-state index contributed by atoms with van der Waals surface area (Å²) in [5.74, 6) is -1.91. The number of likely N-dealkylation sites (tertiary alicyclic amines) is 1. The summed E-state index contributed by atoms with van der Waals surface area (Å²) in [4.78, 5) is 42.2. The van der Waals surface area contributed by atoms with Crippen LogP contribution in [0.5, 0.6) is 5.75 Å². The first-order chi connectivity index (χ1) is 14.3. The maximum atomic E-state index is 13.5. The standard InChI is InChI=1S/C24H28N2O4/c1-16-15-18(30-4)11-12-19(16)22(27)20-21(17-9-6-5-7-10-17)26(24(29)23(20)28)14-8-13-25(2)3/h5-7,9-12,15,20-21H,8,13-14H2,1-4H3/p+1. The summed E-state index contributed by atoms with van der Waals surface area (Å²) in [6, 6.07) is 13.9. The zero-order valence-corrected chi connectivity index (χ0v) is 18.0. The van der Waals surface area contributed by atoms with Gasteiger partial charge in [-0.1, -0.05) is 30.3 Å². The van der Waals surface area contributed by atoms with E-state index in [-0.39, 0.29) is 5.78 Å². The van der Waals surface area contributed by atoms with Crippen LogP contribution in [0.4, 0.5) is 0 Å². The molecule has 1 aliphatic rings. The predicted molar refractivity (Wildman–Crippen MR) is 114 cm³/mol. The minimum Gasteiger partial charge on any atom is -0.497 e. The van der Waals surface area contributed by atoms with E-state index in [2.05, 4.69) is 0 Å². The van der Waals surface area contributed by atoms with Gasteiger partial charge in [0, 0.05) is 18.5 Å². The van der Waals surface area contributed by atoms with Gasteiger partial charge >= 0.3 is 0 Å². The van der Waals surface area contributed by atoms with Gasteiger partial charge in [0.05, 0.1) is 33.8 Å². The van der Waals surface area contributed by atoms with E-state index in [0.29, 0.717) is 17.9 Å².